The number of hydrogen-bond donors (Lipinski definition) is 2. The van der Waals surface area contributed by atoms with Crippen molar-refractivity contribution in [3.05, 3.63) is 29.6 Å². The molecule has 0 fully saturated rings. The minimum atomic E-state index is -1.12. The fourth-order valence-electron chi connectivity index (χ4n) is 1.37. The highest BCUT2D eigenvalue weighted by atomic mass is 16.5. The van der Waals surface area contributed by atoms with E-state index >= 15 is 0 Å². The summed E-state index contributed by atoms with van der Waals surface area (Å²) < 4.78 is 4.95. The van der Waals surface area contributed by atoms with Crippen LogP contribution in [0, 0.1) is 5.92 Å². The van der Waals surface area contributed by atoms with Crippen LogP contribution in [0.25, 0.3) is 0 Å². The van der Waals surface area contributed by atoms with Gasteiger partial charge in [0.05, 0.1) is 12.2 Å². The van der Waals surface area contributed by atoms with Crippen LogP contribution in [0.2, 0.25) is 0 Å². The van der Waals surface area contributed by atoms with Gasteiger partial charge in [0.2, 0.25) is 0 Å². The summed E-state index contributed by atoms with van der Waals surface area (Å²) in [5.41, 5.74) is 0.254. The maximum Gasteiger partial charge on any atom is 0.354 e. The fourth-order valence-corrected chi connectivity index (χ4v) is 1.37. The van der Waals surface area contributed by atoms with Gasteiger partial charge in [0.1, 0.15) is 5.69 Å². The molecule has 1 heterocycles. The molecule has 1 aromatic rings. The highest BCUT2D eigenvalue weighted by Crippen LogP contribution is 2.01. The van der Waals surface area contributed by atoms with Gasteiger partial charge in [-0.3, -0.25) is 4.79 Å². The van der Waals surface area contributed by atoms with Crippen molar-refractivity contribution < 1.29 is 19.4 Å². The van der Waals surface area contributed by atoms with Crippen LogP contribution in [-0.2, 0) is 4.74 Å². The van der Waals surface area contributed by atoms with Gasteiger partial charge in [0.15, 0.2) is 0 Å². The molecule has 1 rings (SSSR count). The van der Waals surface area contributed by atoms with Crippen LogP contribution in [0.1, 0.15) is 27.8 Å². The van der Waals surface area contributed by atoms with Crippen molar-refractivity contribution in [1.82, 2.24) is 10.3 Å². The molecule has 0 radical (unpaired) electrons. The molecule has 0 aliphatic heterocycles. The van der Waals surface area contributed by atoms with Crippen molar-refractivity contribution in [2.45, 2.75) is 6.92 Å². The van der Waals surface area contributed by atoms with Gasteiger partial charge in [-0.25, -0.2) is 9.78 Å². The van der Waals surface area contributed by atoms with Crippen molar-refractivity contribution in [3.8, 4) is 0 Å². The van der Waals surface area contributed by atoms with Gasteiger partial charge < -0.3 is 15.2 Å². The van der Waals surface area contributed by atoms with Gasteiger partial charge in [-0.15, -0.1) is 0 Å². The molecule has 0 aromatic carbocycles. The third-order valence-electron chi connectivity index (χ3n) is 2.31. The first-order chi connectivity index (χ1) is 8.54. The predicted molar refractivity (Wildman–Crippen MR) is 64.6 cm³/mol. The average Bonchev–Trinajstić information content (AvgIpc) is 2.36. The van der Waals surface area contributed by atoms with Crippen molar-refractivity contribution in [2.75, 3.05) is 20.3 Å². The van der Waals surface area contributed by atoms with E-state index in [4.69, 9.17) is 9.84 Å². The molecule has 1 unspecified atom stereocenters. The molecule has 0 spiro atoms. The SMILES string of the molecule is COCC(C)CNC(=O)c1ccc(C(=O)O)nc1. The number of aromatic nitrogens is 1. The van der Waals surface area contributed by atoms with Crippen LogP contribution >= 0.6 is 0 Å². The van der Waals surface area contributed by atoms with Crippen LogP contribution in [0.3, 0.4) is 0 Å². The molecular formula is C12H16N2O4. The third kappa shape index (κ3) is 4.14. The lowest BCUT2D eigenvalue weighted by molar-refractivity contribution is 0.0689. The predicted octanol–water partition coefficient (Wildman–Crippen LogP) is 0.792. The third-order valence-corrected chi connectivity index (χ3v) is 2.31. The molecule has 6 heteroatoms. The highest BCUT2D eigenvalue weighted by Gasteiger charge is 2.10. The van der Waals surface area contributed by atoms with E-state index in [2.05, 4.69) is 10.3 Å². The molecule has 2 N–H and O–H groups in total. The molecule has 6 nitrogen and oxygen atoms in total. The number of rotatable bonds is 6. The normalized spacial score (nSPS) is 11.9. The van der Waals surface area contributed by atoms with E-state index in [1.54, 1.807) is 7.11 Å². The number of carboxylic acid groups (broad SMARTS) is 1. The van der Waals surface area contributed by atoms with Crippen LogP contribution in [-0.4, -0.2) is 42.2 Å². The Morgan fingerprint density at radius 2 is 2.22 bits per heavy atom. The Balaban J connectivity index is 2.54. The van der Waals surface area contributed by atoms with Crippen molar-refractivity contribution in [2.24, 2.45) is 5.92 Å². The summed E-state index contributed by atoms with van der Waals surface area (Å²) in [6.07, 6.45) is 1.25. The Morgan fingerprint density at radius 3 is 2.72 bits per heavy atom. The van der Waals surface area contributed by atoms with Crippen molar-refractivity contribution >= 4 is 11.9 Å². The first kappa shape index (κ1) is 14.1. The highest BCUT2D eigenvalue weighted by molar-refractivity contribution is 5.94. The molecule has 0 bridgehead atoms. The Morgan fingerprint density at radius 1 is 1.50 bits per heavy atom. The number of nitrogens with zero attached hydrogens (tertiary/aromatic N) is 1. The average molecular weight is 252 g/mol. The van der Waals surface area contributed by atoms with Gasteiger partial charge in [0.25, 0.3) is 5.91 Å². The molecule has 18 heavy (non-hydrogen) atoms. The van der Waals surface area contributed by atoms with Gasteiger partial charge in [-0.05, 0) is 18.1 Å². The lowest BCUT2D eigenvalue weighted by Gasteiger charge is -2.11. The number of nitrogens with one attached hydrogen (secondary N) is 1. The Bertz CT molecular complexity index is 417. The number of carbonyl (C=O) groups is 2. The van der Waals surface area contributed by atoms with E-state index in [9.17, 15) is 9.59 Å². The van der Waals surface area contributed by atoms with Crippen LogP contribution < -0.4 is 5.32 Å². The summed E-state index contributed by atoms with van der Waals surface area (Å²) in [5, 5.41) is 11.4. The maximum atomic E-state index is 11.7. The topological polar surface area (TPSA) is 88.5 Å². The Hall–Kier alpha value is -1.95. The van der Waals surface area contributed by atoms with Crippen molar-refractivity contribution in [1.29, 1.82) is 0 Å². The minimum absolute atomic E-state index is 0.0840. The van der Waals surface area contributed by atoms with E-state index in [-0.39, 0.29) is 17.5 Å². The zero-order chi connectivity index (χ0) is 13.5. The minimum Gasteiger partial charge on any atom is -0.477 e. The Labute approximate surface area is 105 Å². The number of aromatic carboxylic acids is 1. The van der Waals surface area contributed by atoms with E-state index in [0.717, 1.165) is 0 Å². The standard InChI is InChI=1S/C12H16N2O4/c1-8(7-18-2)5-14-11(15)9-3-4-10(12(16)17)13-6-9/h3-4,6,8H,5,7H2,1-2H3,(H,14,15)(H,16,17). The van der Waals surface area contributed by atoms with Crippen molar-refractivity contribution in [3.63, 3.8) is 0 Å². The van der Waals surface area contributed by atoms with Gasteiger partial charge in [-0.1, -0.05) is 6.92 Å². The lowest BCUT2D eigenvalue weighted by Crippen LogP contribution is -2.30. The molecule has 1 atom stereocenters. The van der Waals surface area contributed by atoms with Crippen LogP contribution in [0.15, 0.2) is 18.3 Å². The number of pyridine rings is 1. The van der Waals surface area contributed by atoms with E-state index < -0.39 is 5.97 Å². The Kier molecular flexibility index (Phi) is 5.26. The largest absolute Gasteiger partial charge is 0.477 e. The number of hydrogen-bond acceptors (Lipinski definition) is 4. The molecule has 0 aliphatic carbocycles. The smallest absolute Gasteiger partial charge is 0.354 e. The van der Waals surface area contributed by atoms with E-state index in [1.807, 2.05) is 6.92 Å². The fraction of sp³-hybridized carbons (Fsp3) is 0.417. The number of ether oxygens (including phenoxy) is 1. The van der Waals surface area contributed by atoms with E-state index in [0.29, 0.717) is 18.7 Å². The molecule has 1 amide bonds. The van der Waals surface area contributed by atoms with Crippen LogP contribution in [0.5, 0.6) is 0 Å². The summed E-state index contributed by atoms with van der Waals surface area (Å²) in [4.78, 5) is 26.0. The zero-order valence-corrected chi connectivity index (χ0v) is 10.3. The van der Waals surface area contributed by atoms with Gasteiger partial charge >= 0.3 is 5.97 Å². The zero-order valence-electron chi connectivity index (χ0n) is 10.3. The quantitative estimate of drug-likeness (QED) is 0.781. The molecule has 0 saturated carbocycles. The molecule has 98 valence electrons. The molecule has 0 saturated heterocycles. The molecule has 0 aliphatic rings. The second-order valence-corrected chi connectivity index (χ2v) is 4.01. The number of methoxy groups -OCH3 is 1. The summed E-state index contributed by atoms with van der Waals surface area (Å²) in [6, 6.07) is 2.74. The molecular weight excluding hydrogens is 236 g/mol. The molecule has 1 aromatic heterocycles. The summed E-state index contributed by atoms with van der Waals surface area (Å²) in [5.74, 6) is -1.18. The summed E-state index contributed by atoms with van der Waals surface area (Å²) in [6.45, 7) is 3.01. The second kappa shape index (κ2) is 6.70. The van der Waals surface area contributed by atoms with Crippen LogP contribution in [0.4, 0.5) is 0 Å². The first-order valence-corrected chi connectivity index (χ1v) is 5.51. The number of carboxylic acids is 1. The maximum absolute atomic E-state index is 11.7. The summed E-state index contributed by atoms with van der Waals surface area (Å²) >= 11 is 0. The number of amides is 1. The van der Waals surface area contributed by atoms with Gasteiger partial charge in [-0.2, -0.15) is 0 Å². The van der Waals surface area contributed by atoms with E-state index in [1.165, 1.54) is 18.3 Å². The lowest BCUT2D eigenvalue weighted by atomic mass is 10.2. The monoisotopic (exact) mass is 252 g/mol. The first-order valence-electron chi connectivity index (χ1n) is 5.51. The second-order valence-electron chi connectivity index (χ2n) is 4.01. The van der Waals surface area contributed by atoms with Gasteiger partial charge in [0, 0.05) is 19.9 Å². The number of carbonyl (C=O) groups excluding carboxylic acids is 1. The summed E-state index contributed by atoms with van der Waals surface area (Å²) in [7, 11) is 1.60.